The minimum Gasteiger partial charge on any atom is -0.334 e. The van der Waals surface area contributed by atoms with Crippen LogP contribution in [0.1, 0.15) is 53.4 Å². The van der Waals surface area contributed by atoms with Crippen LogP contribution < -0.4 is 0 Å². The van der Waals surface area contributed by atoms with Crippen molar-refractivity contribution in [2.75, 3.05) is 6.54 Å². The van der Waals surface area contributed by atoms with Gasteiger partial charge in [0.15, 0.2) is 0 Å². The van der Waals surface area contributed by atoms with Gasteiger partial charge in [0.1, 0.15) is 0 Å². The zero-order valence-electron chi connectivity index (χ0n) is 10.5. The molecule has 86 valence electrons. The summed E-state index contributed by atoms with van der Waals surface area (Å²) in [6, 6.07) is 0. The Morgan fingerprint density at radius 3 is 2.53 bits per heavy atom. The largest absolute Gasteiger partial charge is 0.334 e. The van der Waals surface area contributed by atoms with Crippen molar-refractivity contribution in [3.8, 4) is 0 Å². The second kappa shape index (κ2) is 4.82. The lowest BCUT2D eigenvalue weighted by Crippen LogP contribution is -2.47. The van der Waals surface area contributed by atoms with Crippen LogP contribution in [-0.4, -0.2) is 22.9 Å². The molecule has 0 radical (unpaired) electrons. The number of unbranched alkanes of at least 4 members (excludes halogenated alkanes) is 1. The molecule has 0 spiro atoms. The van der Waals surface area contributed by atoms with E-state index in [-0.39, 0.29) is 11.4 Å². The topological polar surface area (TPSA) is 20.3 Å². The summed E-state index contributed by atoms with van der Waals surface area (Å²) < 4.78 is 0. The predicted octanol–water partition coefficient (Wildman–Crippen LogP) is 3.13. The fraction of sp³-hybridized carbons (Fsp3) is 0.769. The van der Waals surface area contributed by atoms with Crippen LogP contribution in [0.5, 0.6) is 0 Å². The maximum Gasteiger partial charge on any atom is 0.246 e. The van der Waals surface area contributed by atoms with Crippen LogP contribution in [0.25, 0.3) is 0 Å². The zero-order valence-corrected chi connectivity index (χ0v) is 10.5. The third-order valence-electron chi connectivity index (χ3n) is 2.91. The molecule has 0 unspecified atom stereocenters. The number of amides is 1. The van der Waals surface area contributed by atoms with Crippen LogP contribution in [0.4, 0.5) is 0 Å². The van der Waals surface area contributed by atoms with Crippen LogP contribution in [0.2, 0.25) is 0 Å². The summed E-state index contributed by atoms with van der Waals surface area (Å²) in [6.45, 7) is 9.35. The molecule has 0 aromatic heterocycles. The van der Waals surface area contributed by atoms with Crippen LogP contribution in [0.3, 0.4) is 0 Å². The summed E-state index contributed by atoms with van der Waals surface area (Å²) >= 11 is 0. The normalized spacial score (nSPS) is 18.0. The van der Waals surface area contributed by atoms with E-state index in [1.807, 2.05) is 11.0 Å². The highest BCUT2D eigenvalue weighted by atomic mass is 16.2. The number of rotatable bonds is 3. The van der Waals surface area contributed by atoms with E-state index in [0.717, 1.165) is 19.4 Å². The lowest BCUT2D eigenvalue weighted by Gasteiger charge is -2.37. The van der Waals surface area contributed by atoms with E-state index >= 15 is 0 Å². The van der Waals surface area contributed by atoms with Gasteiger partial charge in [-0.2, -0.15) is 0 Å². The van der Waals surface area contributed by atoms with Crippen molar-refractivity contribution < 1.29 is 4.79 Å². The number of hydrogen-bond donors (Lipinski definition) is 0. The van der Waals surface area contributed by atoms with E-state index in [4.69, 9.17) is 0 Å². The molecular weight excluding hydrogens is 186 g/mol. The Kier molecular flexibility index (Phi) is 3.95. The van der Waals surface area contributed by atoms with Crippen molar-refractivity contribution in [2.24, 2.45) is 0 Å². The molecule has 0 atom stereocenters. The Labute approximate surface area is 93.3 Å². The second-order valence-electron chi connectivity index (χ2n) is 5.32. The molecule has 0 bridgehead atoms. The second-order valence-corrected chi connectivity index (χ2v) is 5.32. The molecule has 1 rings (SSSR count). The molecule has 1 amide bonds. The average molecular weight is 209 g/mol. The van der Waals surface area contributed by atoms with E-state index in [9.17, 15) is 4.79 Å². The van der Waals surface area contributed by atoms with Gasteiger partial charge in [-0.25, -0.2) is 0 Å². The molecule has 0 saturated heterocycles. The van der Waals surface area contributed by atoms with E-state index < -0.39 is 0 Å². The van der Waals surface area contributed by atoms with Gasteiger partial charge < -0.3 is 4.90 Å². The lowest BCUT2D eigenvalue weighted by molar-refractivity contribution is -0.131. The van der Waals surface area contributed by atoms with E-state index in [0.29, 0.717) is 0 Å². The Bertz CT molecular complexity index is 260. The van der Waals surface area contributed by atoms with Gasteiger partial charge in [0.2, 0.25) is 5.91 Å². The van der Waals surface area contributed by atoms with Crippen LogP contribution >= 0.6 is 0 Å². The van der Waals surface area contributed by atoms with Gasteiger partial charge in [0, 0.05) is 18.2 Å². The van der Waals surface area contributed by atoms with E-state index in [2.05, 4.69) is 27.7 Å². The van der Waals surface area contributed by atoms with Crippen molar-refractivity contribution in [2.45, 2.75) is 58.9 Å². The van der Waals surface area contributed by atoms with Crippen molar-refractivity contribution in [3.63, 3.8) is 0 Å². The number of hydrogen-bond acceptors (Lipinski definition) is 1. The van der Waals surface area contributed by atoms with Gasteiger partial charge in [-0.05, 0) is 40.0 Å². The minimum atomic E-state index is -0.0378. The smallest absolute Gasteiger partial charge is 0.246 e. The van der Waals surface area contributed by atoms with Crippen molar-refractivity contribution in [1.29, 1.82) is 0 Å². The fourth-order valence-electron chi connectivity index (χ4n) is 1.96. The maximum absolute atomic E-state index is 11.9. The summed E-state index contributed by atoms with van der Waals surface area (Å²) in [4.78, 5) is 13.8. The van der Waals surface area contributed by atoms with Crippen LogP contribution in [0, 0.1) is 0 Å². The lowest BCUT2D eigenvalue weighted by atomic mass is 9.97. The standard InChI is InChI=1S/C13H23NO/c1-5-6-7-11-8-9-14(12(15)10-11)13(2,3)4/h10H,5-9H2,1-4H3. The number of nitrogens with zero attached hydrogens (tertiary/aromatic N) is 1. The molecule has 0 aromatic rings. The molecule has 1 aliphatic heterocycles. The third-order valence-corrected chi connectivity index (χ3v) is 2.91. The van der Waals surface area contributed by atoms with Gasteiger partial charge in [0.05, 0.1) is 0 Å². The Balaban J connectivity index is 2.61. The summed E-state index contributed by atoms with van der Waals surface area (Å²) in [5.41, 5.74) is 1.30. The molecule has 1 aliphatic rings. The van der Waals surface area contributed by atoms with Gasteiger partial charge >= 0.3 is 0 Å². The summed E-state index contributed by atoms with van der Waals surface area (Å²) in [6.07, 6.45) is 6.41. The van der Waals surface area contributed by atoms with Crippen molar-refractivity contribution in [3.05, 3.63) is 11.6 Å². The van der Waals surface area contributed by atoms with Crippen LogP contribution in [0.15, 0.2) is 11.6 Å². The maximum atomic E-state index is 11.9. The van der Waals surface area contributed by atoms with E-state index in [1.165, 1.54) is 18.4 Å². The highest BCUT2D eigenvalue weighted by Crippen LogP contribution is 2.23. The molecule has 0 N–H and O–H groups in total. The first-order chi connectivity index (χ1) is 6.95. The zero-order chi connectivity index (χ0) is 11.5. The molecule has 0 aliphatic carbocycles. The first-order valence-corrected chi connectivity index (χ1v) is 5.96. The SMILES string of the molecule is CCCCC1=CC(=O)N(C(C)(C)C)CC1. The molecule has 2 heteroatoms. The molecule has 0 aromatic carbocycles. The third kappa shape index (κ3) is 3.37. The summed E-state index contributed by atoms with van der Waals surface area (Å²) in [7, 11) is 0. The molecule has 15 heavy (non-hydrogen) atoms. The summed E-state index contributed by atoms with van der Waals surface area (Å²) in [5, 5.41) is 0. The van der Waals surface area contributed by atoms with Gasteiger partial charge in [-0.3, -0.25) is 4.79 Å². The van der Waals surface area contributed by atoms with Crippen molar-refractivity contribution >= 4 is 5.91 Å². The van der Waals surface area contributed by atoms with Crippen LogP contribution in [-0.2, 0) is 4.79 Å². The fourth-order valence-corrected chi connectivity index (χ4v) is 1.96. The average Bonchev–Trinajstić information content (AvgIpc) is 2.12. The summed E-state index contributed by atoms with van der Waals surface area (Å²) in [5.74, 6) is 0.194. The molecule has 0 fully saturated rings. The minimum absolute atomic E-state index is 0.0378. The first kappa shape index (κ1) is 12.3. The molecule has 1 heterocycles. The highest BCUT2D eigenvalue weighted by molar-refractivity contribution is 5.89. The highest BCUT2D eigenvalue weighted by Gasteiger charge is 2.27. The first-order valence-electron chi connectivity index (χ1n) is 5.96. The number of carbonyl (C=O) groups excluding carboxylic acids is 1. The van der Waals surface area contributed by atoms with E-state index in [1.54, 1.807) is 0 Å². The Morgan fingerprint density at radius 1 is 1.40 bits per heavy atom. The molecular formula is C13H23NO. The Hall–Kier alpha value is -0.790. The predicted molar refractivity (Wildman–Crippen MR) is 63.7 cm³/mol. The molecule has 2 nitrogen and oxygen atoms in total. The van der Waals surface area contributed by atoms with Gasteiger partial charge in [0.25, 0.3) is 0 Å². The van der Waals surface area contributed by atoms with Gasteiger partial charge in [-0.1, -0.05) is 18.9 Å². The van der Waals surface area contributed by atoms with Crippen molar-refractivity contribution in [1.82, 2.24) is 4.90 Å². The quantitative estimate of drug-likeness (QED) is 0.699. The monoisotopic (exact) mass is 209 g/mol. The van der Waals surface area contributed by atoms with Gasteiger partial charge in [-0.15, -0.1) is 0 Å². The molecule has 0 saturated carbocycles. The number of carbonyl (C=O) groups is 1. The Morgan fingerprint density at radius 2 is 2.07 bits per heavy atom.